The van der Waals surface area contributed by atoms with Crippen molar-refractivity contribution in [3.05, 3.63) is 73.0 Å². The summed E-state index contributed by atoms with van der Waals surface area (Å²) < 4.78 is 28.9. The van der Waals surface area contributed by atoms with Crippen molar-refractivity contribution in [1.29, 1.82) is 0 Å². The molecule has 0 radical (unpaired) electrons. The molecule has 0 aliphatic carbocycles. The van der Waals surface area contributed by atoms with Crippen molar-refractivity contribution in [2.75, 3.05) is 5.33 Å². The van der Waals surface area contributed by atoms with Gasteiger partial charge >= 0.3 is 7.82 Å². The van der Waals surface area contributed by atoms with Crippen LogP contribution in [0.25, 0.3) is 0 Å². The van der Waals surface area contributed by atoms with E-state index in [9.17, 15) is 4.57 Å². The van der Waals surface area contributed by atoms with Gasteiger partial charge in [0.15, 0.2) is 0 Å². The molecule has 4 nitrogen and oxygen atoms in total. The average molecular weight is 369 g/mol. The zero-order valence-corrected chi connectivity index (χ0v) is 13.6. The predicted octanol–water partition coefficient (Wildman–Crippen LogP) is 5.18. The summed E-state index contributed by atoms with van der Waals surface area (Å²) in [5.74, 6) is 1.03. The van der Waals surface area contributed by atoms with Crippen LogP contribution in [-0.2, 0) is 9.09 Å². The summed E-state index contributed by atoms with van der Waals surface area (Å²) in [7, 11) is -3.87. The smallest absolute Gasteiger partial charge is 0.390 e. The van der Waals surface area contributed by atoms with Crippen molar-refractivity contribution in [1.82, 2.24) is 0 Å². The summed E-state index contributed by atoms with van der Waals surface area (Å²) >= 11 is 3.18. The Morgan fingerprint density at radius 3 is 1.76 bits per heavy atom. The van der Waals surface area contributed by atoms with Gasteiger partial charge in [-0.15, -0.1) is 0 Å². The van der Waals surface area contributed by atoms with Gasteiger partial charge in [0.2, 0.25) is 0 Å². The fourth-order valence-electron chi connectivity index (χ4n) is 1.46. The lowest BCUT2D eigenvalue weighted by atomic mass is 10.3. The lowest BCUT2D eigenvalue weighted by Crippen LogP contribution is -2.05. The lowest BCUT2D eigenvalue weighted by molar-refractivity contribution is 0.259. The standard InChI is InChI=1S/C15H14BrO4P/c1-13(12-16)18-21(17,19-14-8-4-2-5-9-14)20-15-10-6-3-7-11-15/h2-11H,1,12H2. The number of phosphoric ester groups is 1. The molecule has 0 fully saturated rings. The normalized spacial score (nSPS) is 10.7. The minimum Gasteiger partial charge on any atom is -0.390 e. The Balaban J connectivity index is 2.21. The van der Waals surface area contributed by atoms with Crippen LogP contribution in [0.1, 0.15) is 0 Å². The molecule has 0 aromatic heterocycles. The first-order valence-electron chi connectivity index (χ1n) is 6.14. The Hall–Kier alpha value is -1.71. The number of para-hydroxylation sites is 2. The summed E-state index contributed by atoms with van der Waals surface area (Å²) in [6.07, 6.45) is 0. The average Bonchev–Trinajstić information content (AvgIpc) is 2.48. The highest BCUT2D eigenvalue weighted by atomic mass is 79.9. The molecular formula is C15H14BrO4P. The summed E-state index contributed by atoms with van der Waals surface area (Å²) in [5.41, 5.74) is 0. The highest BCUT2D eigenvalue weighted by molar-refractivity contribution is 9.09. The largest absolute Gasteiger partial charge is 0.646 e. The zero-order chi connectivity index (χ0) is 15.1. The number of allylic oxidation sites excluding steroid dienone is 1. The number of benzene rings is 2. The molecule has 110 valence electrons. The molecule has 0 saturated carbocycles. The monoisotopic (exact) mass is 368 g/mol. The molecule has 0 aliphatic rings. The second-order valence-electron chi connectivity index (χ2n) is 4.02. The molecule has 2 aromatic carbocycles. The fraction of sp³-hybridized carbons (Fsp3) is 0.0667. The van der Waals surface area contributed by atoms with Gasteiger partial charge in [0.05, 0.1) is 5.33 Å². The quantitative estimate of drug-likeness (QED) is 0.383. The van der Waals surface area contributed by atoms with E-state index in [4.69, 9.17) is 13.6 Å². The zero-order valence-electron chi connectivity index (χ0n) is 11.1. The fourth-order valence-corrected chi connectivity index (χ4v) is 3.00. The molecule has 0 heterocycles. The predicted molar refractivity (Wildman–Crippen MR) is 85.8 cm³/mol. The highest BCUT2D eigenvalue weighted by Crippen LogP contribution is 2.51. The minimum absolute atomic E-state index is 0.255. The van der Waals surface area contributed by atoms with Gasteiger partial charge in [0, 0.05) is 0 Å². The summed E-state index contributed by atoms with van der Waals surface area (Å²) in [6.45, 7) is 3.64. The summed E-state index contributed by atoms with van der Waals surface area (Å²) in [5, 5.41) is 0.327. The van der Waals surface area contributed by atoms with Gasteiger partial charge in [-0.1, -0.05) is 58.9 Å². The van der Waals surface area contributed by atoms with Gasteiger partial charge < -0.3 is 13.6 Å². The third kappa shape index (κ3) is 4.96. The molecule has 0 N–H and O–H groups in total. The van der Waals surface area contributed by atoms with Gasteiger partial charge in [-0.05, 0) is 24.3 Å². The number of phosphoric acid groups is 1. The van der Waals surface area contributed by atoms with E-state index in [0.29, 0.717) is 16.8 Å². The first-order valence-corrected chi connectivity index (χ1v) is 8.72. The summed E-state index contributed by atoms with van der Waals surface area (Å²) in [6, 6.07) is 17.4. The third-order valence-corrected chi connectivity index (χ3v) is 4.29. The molecule has 2 aromatic rings. The van der Waals surface area contributed by atoms with Gasteiger partial charge in [0.25, 0.3) is 0 Å². The van der Waals surface area contributed by atoms with Crippen molar-refractivity contribution in [3.63, 3.8) is 0 Å². The van der Waals surface area contributed by atoms with E-state index in [0.717, 1.165) is 0 Å². The third-order valence-electron chi connectivity index (χ3n) is 2.31. The van der Waals surface area contributed by atoms with E-state index in [-0.39, 0.29) is 5.76 Å². The Morgan fingerprint density at radius 2 is 1.38 bits per heavy atom. The van der Waals surface area contributed by atoms with E-state index in [2.05, 4.69) is 22.5 Å². The molecule has 0 spiro atoms. The SMILES string of the molecule is C=C(CBr)OP(=O)(Oc1ccccc1)Oc1ccccc1. The van der Waals surface area contributed by atoms with Gasteiger partial charge in [-0.25, -0.2) is 0 Å². The molecule has 0 bridgehead atoms. The van der Waals surface area contributed by atoms with Gasteiger partial charge in [0.1, 0.15) is 17.3 Å². The van der Waals surface area contributed by atoms with Crippen LogP contribution >= 0.6 is 23.8 Å². The minimum atomic E-state index is -3.87. The van der Waals surface area contributed by atoms with E-state index < -0.39 is 7.82 Å². The Labute approximate surface area is 132 Å². The van der Waals surface area contributed by atoms with Crippen molar-refractivity contribution in [2.24, 2.45) is 0 Å². The van der Waals surface area contributed by atoms with Gasteiger partial charge in [-0.3, -0.25) is 0 Å². The molecule has 2 rings (SSSR count). The van der Waals surface area contributed by atoms with Crippen LogP contribution in [0.3, 0.4) is 0 Å². The van der Waals surface area contributed by atoms with Crippen LogP contribution in [0, 0.1) is 0 Å². The van der Waals surface area contributed by atoms with Crippen molar-refractivity contribution < 1.29 is 18.1 Å². The van der Waals surface area contributed by atoms with Crippen LogP contribution < -0.4 is 9.05 Å². The number of rotatable bonds is 7. The van der Waals surface area contributed by atoms with Crippen LogP contribution in [0.5, 0.6) is 11.5 Å². The Morgan fingerprint density at radius 1 is 0.952 bits per heavy atom. The molecule has 0 unspecified atom stereocenters. The van der Waals surface area contributed by atoms with Crippen LogP contribution in [0.4, 0.5) is 0 Å². The maximum Gasteiger partial charge on any atom is 0.646 e. The number of hydrogen-bond acceptors (Lipinski definition) is 4. The van der Waals surface area contributed by atoms with E-state index in [1.54, 1.807) is 48.5 Å². The molecule has 0 saturated heterocycles. The molecule has 0 amide bonds. The Kier molecular flexibility index (Phi) is 5.48. The second kappa shape index (κ2) is 7.34. The van der Waals surface area contributed by atoms with Crippen LogP contribution in [0.15, 0.2) is 73.0 Å². The number of halogens is 1. The molecular weight excluding hydrogens is 355 g/mol. The van der Waals surface area contributed by atoms with E-state index in [1.165, 1.54) is 0 Å². The second-order valence-corrected chi connectivity index (χ2v) is 6.02. The molecule has 0 aliphatic heterocycles. The first kappa shape index (κ1) is 15.7. The van der Waals surface area contributed by atoms with E-state index in [1.807, 2.05) is 12.1 Å². The number of alkyl halides is 1. The van der Waals surface area contributed by atoms with Gasteiger partial charge in [-0.2, -0.15) is 4.57 Å². The van der Waals surface area contributed by atoms with Crippen LogP contribution in [-0.4, -0.2) is 5.33 Å². The maximum absolute atomic E-state index is 12.8. The maximum atomic E-state index is 12.8. The molecule has 21 heavy (non-hydrogen) atoms. The molecule has 6 heteroatoms. The van der Waals surface area contributed by atoms with Crippen LogP contribution in [0.2, 0.25) is 0 Å². The topological polar surface area (TPSA) is 44.8 Å². The van der Waals surface area contributed by atoms with E-state index >= 15 is 0 Å². The summed E-state index contributed by atoms with van der Waals surface area (Å²) in [4.78, 5) is 0. The van der Waals surface area contributed by atoms with Crippen molar-refractivity contribution in [2.45, 2.75) is 0 Å². The molecule has 0 atom stereocenters. The van der Waals surface area contributed by atoms with Crippen molar-refractivity contribution >= 4 is 23.8 Å². The number of hydrogen-bond donors (Lipinski definition) is 0. The Bertz CT molecular complexity index is 585. The highest BCUT2D eigenvalue weighted by Gasteiger charge is 2.33. The van der Waals surface area contributed by atoms with Crippen molar-refractivity contribution in [3.8, 4) is 11.5 Å². The lowest BCUT2D eigenvalue weighted by Gasteiger charge is -2.19. The first-order chi connectivity index (χ1) is 10.1.